The van der Waals surface area contributed by atoms with E-state index in [1.54, 1.807) is 0 Å². The van der Waals surface area contributed by atoms with Crippen molar-refractivity contribution in [1.29, 1.82) is 0 Å². The quantitative estimate of drug-likeness (QED) is 0.551. The van der Waals surface area contributed by atoms with Gasteiger partial charge in [-0.3, -0.25) is 0 Å². The molecule has 20 heavy (non-hydrogen) atoms. The highest BCUT2D eigenvalue weighted by Gasteiger charge is 2.18. The first-order valence-electron chi connectivity index (χ1n) is 7.25. The number of benzene rings is 1. The van der Waals surface area contributed by atoms with Gasteiger partial charge >= 0.3 is 5.97 Å². The van der Waals surface area contributed by atoms with Gasteiger partial charge in [0.2, 0.25) is 0 Å². The molecule has 1 atom stereocenters. The van der Waals surface area contributed by atoms with Crippen LogP contribution in [0.1, 0.15) is 56.5 Å². The first-order chi connectivity index (χ1) is 9.31. The summed E-state index contributed by atoms with van der Waals surface area (Å²) >= 11 is 0. The van der Waals surface area contributed by atoms with Crippen LogP contribution >= 0.6 is 0 Å². The van der Waals surface area contributed by atoms with Crippen molar-refractivity contribution in [2.45, 2.75) is 52.6 Å². The minimum Gasteiger partial charge on any atom is -0.456 e. The van der Waals surface area contributed by atoms with E-state index in [0.29, 0.717) is 11.5 Å². The minimum absolute atomic E-state index is 0.252. The van der Waals surface area contributed by atoms with Crippen molar-refractivity contribution in [1.82, 2.24) is 0 Å². The molecule has 0 aromatic heterocycles. The van der Waals surface area contributed by atoms with Gasteiger partial charge in [-0.25, -0.2) is 4.79 Å². The summed E-state index contributed by atoms with van der Waals surface area (Å²) in [5.41, 5.74) is 1.36. The molecule has 2 nitrogen and oxygen atoms in total. The Morgan fingerprint density at radius 2 is 2.10 bits per heavy atom. The van der Waals surface area contributed by atoms with E-state index < -0.39 is 5.60 Å². The standard InChI is InChI=1S/C18H26O2/c1-6-7-9-14(2)12-15-10-8-11-16(13-15)17(19)20-18(3,4)5/h6,8,10-11,13-14H,1,7,9,12H2,2-5H3. The molecule has 0 bridgehead atoms. The van der Waals surface area contributed by atoms with Gasteiger partial charge in [0.15, 0.2) is 0 Å². The molecule has 0 fully saturated rings. The largest absolute Gasteiger partial charge is 0.456 e. The van der Waals surface area contributed by atoms with Crippen LogP contribution in [-0.2, 0) is 11.2 Å². The molecule has 0 N–H and O–H groups in total. The predicted molar refractivity (Wildman–Crippen MR) is 83.9 cm³/mol. The van der Waals surface area contributed by atoms with Crippen molar-refractivity contribution in [2.24, 2.45) is 5.92 Å². The molecule has 110 valence electrons. The first-order valence-corrected chi connectivity index (χ1v) is 7.25. The average Bonchev–Trinajstić information content (AvgIpc) is 2.34. The lowest BCUT2D eigenvalue weighted by Gasteiger charge is -2.19. The van der Waals surface area contributed by atoms with Crippen molar-refractivity contribution in [2.75, 3.05) is 0 Å². The van der Waals surface area contributed by atoms with E-state index in [2.05, 4.69) is 19.6 Å². The highest BCUT2D eigenvalue weighted by atomic mass is 16.6. The maximum atomic E-state index is 12.0. The van der Waals surface area contributed by atoms with E-state index in [0.717, 1.165) is 19.3 Å². The molecule has 0 heterocycles. The molecule has 0 saturated heterocycles. The van der Waals surface area contributed by atoms with E-state index in [4.69, 9.17) is 4.74 Å². The minimum atomic E-state index is -0.454. The molecule has 0 spiro atoms. The summed E-state index contributed by atoms with van der Waals surface area (Å²) < 4.78 is 5.40. The molecule has 0 saturated carbocycles. The Morgan fingerprint density at radius 1 is 1.40 bits per heavy atom. The zero-order valence-electron chi connectivity index (χ0n) is 13.1. The molecule has 0 aliphatic rings. The van der Waals surface area contributed by atoms with Gasteiger partial charge in [-0.1, -0.05) is 25.1 Å². The van der Waals surface area contributed by atoms with Gasteiger partial charge in [0.05, 0.1) is 5.56 Å². The fourth-order valence-corrected chi connectivity index (χ4v) is 2.07. The zero-order valence-corrected chi connectivity index (χ0v) is 13.1. The van der Waals surface area contributed by atoms with Crippen LogP contribution in [-0.4, -0.2) is 11.6 Å². The molecule has 1 unspecified atom stereocenters. The third-order valence-electron chi connectivity index (χ3n) is 3.01. The monoisotopic (exact) mass is 274 g/mol. The zero-order chi connectivity index (χ0) is 15.2. The maximum Gasteiger partial charge on any atom is 0.338 e. The third-order valence-corrected chi connectivity index (χ3v) is 3.01. The van der Waals surface area contributed by atoms with Crippen LogP contribution in [0.5, 0.6) is 0 Å². The SMILES string of the molecule is C=CCCC(C)Cc1cccc(C(=O)OC(C)(C)C)c1. The summed E-state index contributed by atoms with van der Waals surface area (Å²) in [7, 11) is 0. The van der Waals surface area contributed by atoms with Gasteiger partial charge in [0.1, 0.15) is 5.60 Å². The molecule has 0 aliphatic heterocycles. The summed E-state index contributed by atoms with van der Waals surface area (Å²) in [6, 6.07) is 7.75. The fraction of sp³-hybridized carbons (Fsp3) is 0.500. The van der Waals surface area contributed by atoms with Crippen LogP contribution in [0, 0.1) is 5.92 Å². The lowest BCUT2D eigenvalue weighted by Crippen LogP contribution is -2.23. The number of hydrogen-bond donors (Lipinski definition) is 0. The Morgan fingerprint density at radius 3 is 2.70 bits per heavy atom. The molecule has 0 amide bonds. The number of rotatable bonds is 6. The normalized spacial score (nSPS) is 12.8. The Hall–Kier alpha value is -1.57. The van der Waals surface area contributed by atoms with E-state index in [-0.39, 0.29) is 5.97 Å². The summed E-state index contributed by atoms with van der Waals surface area (Å²) in [6.07, 6.45) is 5.09. The number of hydrogen-bond acceptors (Lipinski definition) is 2. The maximum absolute atomic E-state index is 12.0. The van der Waals surface area contributed by atoms with Gasteiger partial charge in [-0.2, -0.15) is 0 Å². The van der Waals surface area contributed by atoms with Crippen molar-refractivity contribution in [3.63, 3.8) is 0 Å². The fourth-order valence-electron chi connectivity index (χ4n) is 2.07. The number of allylic oxidation sites excluding steroid dienone is 1. The van der Waals surface area contributed by atoms with Crippen LogP contribution in [0.15, 0.2) is 36.9 Å². The van der Waals surface area contributed by atoms with Crippen LogP contribution in [0.4, 0.5) is 0 Å². The van der Waals surface area contributed by atoms with Crippen molar-refractivity contribution < 1.29 is 9.53 Å². The smallest absolute Gasteiger partial charge is 0.338 e. The summed E-state index contributed by atoms with van der Waals surface area (Å²) in [4.78, 5) is 12.0. The lowest BCUT2D eigenvalue weighted by atomic mass is 9.95. The highest BCUT2D eigenvalue weighted by Crippen LogP contribution is 2.17. The number of carbonyl (C=O) groups is 1. The number of ether oxygens (including phenoxy) is 1. The molecule has 0 aliphatic carbocycles. The van der Waals surface area contributed by atoms with E-state index >= 15 is 0 Å². The number of carbonyl (C=O) groups excluding carboxylic acids is 1. The van der Waals surface area contributed by atoms with Gasteiger partial charge in [0, 0.05) is 0 Å². The molecule has 1 aromatic rings. The van der Waals surface area contributed by atoms with Crippen molar-refractivity contribution in [3.8, 4) is 0 Å². The van der Waals surface area contributed by atoms with Crippen molar-refractivity contribution in [3.05, 3.63) is 48.0 Å². The van der Waals surface area contributed by atoms with Gasteiger partial charge in [0.25, 0.3) is 0 Å². The van der Waals surface area contributed by atoms with Crippen LogP contribution in [0.2, 0.25) is 0 Å². The average molecular weight is 274 g/mol. The van der Waals surface area contributed by atoms with E-state index in [1.807, 2.05) is 45.0 Å². The topological polar surface area (TPSA) is 26.3 Å². The second-order valence-electron chi connectivity index (χ2n) is 6.38. The van der Waals surface area contributed by atoms with E-state index in [1.165, 1.54) is 5.56 Å². The second kappa shape index (κ2) is 7.28. The molecule has 1 rings (SSSR count). The summed E-state index contributed by atoms with van der Waals surface area (Å²) in [5, 5.41) is 0. The van der Waals surface area contributed by atoms with Gasteiger partial charge < -0.3 is 4.74 Å². The summed E-state index contributed by atoms with van der Waals surface area (Å²) in [5.74, 6) is 0.333. The molecular formula is C18H26O2. The second-order valence-corrected chi connectivity index (χ2v) is 6.38. The Bertz CT molecular complexity index is 455. The summed E-state index contributed by atoms with van der Waals surface area (Å²) in [6.45, 7) is 11.6. The Labute approximate surface area is 122 Å². The number of esters is 1. The first kappa shape index (κ1) is 16.5. The van der Waals surface area contributed by atoms with Crippen molar-refractivity contribution >= 4 is 5.97 Å². The molecular weight excluding hydrogens is 248 g/mol. The molecule has 0 radical (unpaired) electrons. The Balaban J connectivity index is 2.70. The molecule has 2 heteroatoms. The van der Waals surface area contributed by atoms with E-state index in [9.17, 15) is 4.79 Å². The highest BCUT2D eigenvalue weighted by molar-refractivity contribution is 5.89. The third kappa shape index (κ3) is 6.05. The molecule has 1 aromatic carbocycles. The van der Waals surface area contributed by atoms with Gasteiger partial charge in [-0.15, -0.1) is 6.58 Å². The predicted octanol–water partition coefficient (Wildman–Crippen LogP) is 4.79. The van der Waals surface area contributed by atoms with Gasteiger partial charge in [-0.05, 0) is 63.6 Å². The van der Waals surface area contributed by atoms with Crippen LogP contribution in [0.25, 0.3) is 0 Å². The Kier molecular flexibility index (Phi) is 6.00. The van der Waals surface area contributed by atoms with Crippen LogP contribution in [0.3, 0.4) is 0 Å². The van der Waals surface area contributed by atoms with Crippen LogP contribution < -0.4 is 0 Å². The lowest BCUT2D eigenvalue weighted by molar-refractivity contribution is 0.00694.